The van der Waals surface area contributed by atoms with Crippen molar-refractivity contribution in [1.29, 1.82) is 0 Å². The minimum atomic E-state index is -0.433. The number of halogens is 2. The van der Waals surface area contributed by atoms with E-state index >= 15 is 0 Å². The summed E-state index contributed by atoms with van der Waals surface area (Å²) < 4.78 is 26.8. The number of aliphatic imine (C=N–C) groups is 1. The van der Waals surface area contributed by atoms with Gasteiger partial charge < -0.3 is 15.5 Å². The van der Waals surface area contributed by atoms with Gasteiger partial charge >= 0.3 is 0 Å². The van der Waals surface area contributed by atoms with Crippen molar-refractivity contribution in [3.8, 4) is 0 Å². The summed E-state index contributed by atoms with van der Waals surface area (Å²) >= 11 is 1.57. The molecule has 0 amide bonds. The van der Waals surface area contributed by atoms with E-state index in [4.69, 9.17) is 0 Å². The quantitative estimate of drug-likeness (QED) is 0.584. The molecule has 8 heteroatoms. The Labute approximate surface area is 150 Å². The molecule has 0 spiro atoms. The molecule has 1 heterocycles. The van der Waals surface area contributed by atoms with E-state index in [1.807, 2.05) is 31.3 Å². The summed E-state index contributed by atoms with van der Waals surface area (Å²) in [6.45, 7) is 3.58. The Hall–Kier alpha value is -2.22. The fraction of sp³-hybridized carbons (Fsp3) is 0.412. The van der Waals surface area contributed by atoms with Gasteiger partial charge in [-0.05, 0) is 37.1 Å². The van der Waals surface area contributed by atoms with Crippen LogP contribution in [-0.2, 0) is 13.0 Å². The molecule has 2 aromatic rings. The Morgan fingerprint density at radius 2 is 2.08 bits per heavy atom. The molecule has 25 heavy (non-hydrogen) atoms. The maximum atomic E-state index is 13.6. The zero-order chi connectivity index (χ0) is 18.2. The van der Waals surface area contributed by atoms with Crippen molar-refractivity contribution in [2.75, 3.05) is 32.1 Å². The van der Waals surface area contributed by atoms with Gasteiger partial charge in [-0.2, -0.15) is 0 Å². The third-order valence-corrected chi connectivity index (χ3v) is 4.42. The van der Waals surface area contributed by atoms with Gasteiger partial charge in [-0.25, -0.2) is 18.8 Å². The molecule has 0 aliphatic rings. The number of thiazole rings is 1. The fourth-order valence-corrected chi connectivity index (χ4v) is 2.88. The zero-order valence-electron chi connectivity index (χ0n) is 14.6. The van der Waals surface area contributed by atoms with Crippen molar-refractivity contribution in [2.45, 2.75) is 19.9 Å². The molecule has 2 rings (SSSR count). The van der Waals surface area contributed by atoms with Crippen LogP contribution >= 0.6 is 11.3 Å². The lowest BCUT2D eigenvalue weighted by Crippen LogP contribution is -2.38. The van der Waals surface area contributed by atoms with Gasteiger partial charge in [0.15, 0.2) is 11.1 Å². The summed E-state index contributed by atoms with van der Waals surface area (Å²) in [7, 11) is 3.89. The molecule has 136 valence electrons. The Morgan fingerprint density at radius 1 is 1.28 bits per heavy atom. The predicted molar refractivity (Wildman–Crippen MR) is 99.3 cm³/mol. The van der Waals surface area contributed by atoms with Gasteiger partial charge in [-0.3, -0.25) is 0 Å². The Bertz CT molecular complexity index is 715. The Kier molecular flexibility index (Phi) is 7.12. The van der Waals surface area contributed by atoms with Gasteiger partial charge in [0, 0.05) is 32.6 Å². The van der Waals surface area contributed by atoms with Crippen LogP contribution < -0.4 is 15.5 Å². The summed E-state index contributed by atoms with van der Waals surface area (Å²) in [5.74, 6) is -0.209. The van der Waals surface area contributed by atoms with Crippen molar-refractivity contribution < 1.29 is 8.78 Å². The van der Waals surface area contributed by atoms with E-state index < -0.39 is 11.6 Å². The van der Waals surface area contributed by atoms with E-state index in [1.165, 1.54) is 6.07 Å². The summed E-state index contributed by atoms with van der Waals surface area (Å²) in [5.41, 5.74) is 1.24. The first-order valence-corrected chi connectivity index (χ1v) is 8.95. The lowest BCUT2D eigenvalue weighted by Gasteiger charge is -2.11. The van der Waals surface area contributed by atoms with Crippen LogP contribution in [0.25, 0.3) is 0 Å². The highest BCUT2D eigenvalue weighted by Crippen LogP contribution is 2.18. The normalized spacial score (nSPS) is 11.5. The molecule has 0 atom stereocenters. The number of aromatic nitrogens is 1. The van der Waals surface area contributed by atoms with Gasteiger partial charge in [-0.1, -0.05) is 0 Å². The molecule has 1 aromatic heterocycles. The van der Waals surface area contributed by atoms with Crippen LogP contribution in [-0.4, -0.2) is 38.1 Å². The number of hydrogen-bond donors (Lipinski definition) is 2. The first-order valence-electron chi connectivity index (χ1n) is 8.07. The van der Waals surface area contributed by atoms with Gasteiger partial charge in [0.1, 0.15) is 11.6 Å². The van der Waals surface area contributed by atoms with Gasteiger partial charge in [-0.15, -0.1) is 11.3 Å². The first-order chi connectivity index (χ1) is 12.0. The summed E-state index contributed by atoms with van der Waals surface area (Å²) in [6, 6.07) is 3.49. The van der Waals surface area contributed by atoms with E-state index in [-0.39, 0.29) is 0 Å². The molecule has 0 saturated heterocycles. The number of guanidine groups is 1. The van der Waals surface area contributed by atoms with Crippen molar-refractivity contribution >= 4 is 22.4 Å². The SMILES string of the molecule is CCNC(=NCc1csc(N(C)C)n1)NCCc1cc(F)ccc1F. The molecule has 0 radical (unpaired) electrons. The lowest BCUT2D eigenvalue weighted by atomic mass is 10.1. The van der Waals surface area contributed by atoms with Gasteiger partial charge in [0.2, 0.25) is 0 Å². The third kappa shape index (κ3) is 5.97. The number of rotatable bonds is 7. The van der Waals surface area contributed by atoms with Crippen molar-refractivity contribution in [3.63, 3.8) is 0 Å². The van der Waals surface area contributed by atoms with Gasteiger partial charge in [0.25, 0.3) is 0 Å². The number of anilines is 1. The summed E-state index contributed by atoms with van der Waals surface area (Å²) in [4.78, 5) is 10.9. The topological polar surface area (TPSA) is 52.6 Å². The van der Waals surface area contributed by atoms with Crippen LogP contribution in [0.15, 0.2) is 28.6 Å². The Balaban J connectivity index is 1.91. The van der Waals surface area contributed by atoms with E-state index in [1.54, 1.807) is 11.3 Å². The zero-order valence-corrected chi connectivity index (χ0v) is 15.5. The molecule has 0 aliphatic heterocycles. The van der Waals surface area contributed by atoms with Crippen LogP contribution in [0.2, 0.25) is 0 Å². The molecule has 2 N–H and O–H groups in total. The standard InChI is InChI=1S/C17H23F2N5S/c1-4-20-16(22-10-14-11-25-17(23-14)24(2)3)21-8-7-12-9-13(18)5-6-15(12)19/h5-6,9,11H,4,7-8,10H2,1-3H3,(H2,20,21,22). The molecule has 0 unspecified atom stereocenters. The van der Waals surface area contributed by atoms with E-state index in [9.17, 15) is 8.78 Å². The van der Waals surface area contributed by atoms with Crippen LogP contribution in [0, 0.1) is 11.6 Å². The van der Waals surface area contributed by atoms with E-state index in [0.29, 0.717) is 37.6 Å². The molecule has 0 bridgehead atoms. The van der Waals surface area contributed by atoms with Crippen LogP contribution in [0.4, 0.5) is 13.9 Å². The summed E-state index contributed by atoms with van der Waals surface area (Å²) in [5, 5.41) is 9.17. The highest BCUT2D eigenvalue weighted by atomic mass is 32.1. The molecular weight excluding hydrogens is 344 g/mol. The van der Waals surface area contributed by atoms with Crippen molar-refractivity contribution in [2.24, 2.45) is 4.99 Å². The maximum absolute atomic E-state index is 13.6. The molecule has 5 nitrogen and oxygen atoms in total. The lowest BCUT2D eigenvalue weighted by molar-refractivity contribution is 0.583. The van der Waals surface area contributed by atoms with Crippen LogP contribution in [0.1, 0.15) is 18.2 Å². The van der Waals surface area contributed by atoms with Crippen molar-refractivity contribution in [3.05, 3.63) is 46.5 Å². The summed E-state index contributed by atoms with van der Waals surface area (Å²) in [6.07, 6.45) is 0.371. The number of hydrogen-bond acceptors (Lipinski definition) is 4. The minimum Gasteiger partial charge on any atom is -0.357 e. The fourth-order valence-electron chi connectivity index (χ4n) is 2.13. The molecule has 0 aliphatic carbocycles. The van der Waals surface area contributed by atoms with Crippen molar-refractivity contribution in [1.82, 2.24) is 15.6 Å². The predicted octanol–water partition coefficient (Wildman–Crippen LogP) is 2.79. The maximum Gasteiger partial charge on any atom is 0.191 e. The third-order valence-electron chi connectivity index (χ3n) is 3.36. The van der Waals surface area contributed by atoms with E-state index in [0.717, 1.165) is 23.0 Å². The molecular formula is C17H23F2N5S. The second kappa shape index (κ2) is 9.31. The average molecular weight is 367 g/mol. The second-order valence-corrected chi connectivity index (χ2v) is 6.46. The monoisotopic (exact) mass is 367 g/mol. The molecule has 0 fully saturated rings. The first kappa shape index (κ1) is 19.1. The molecule has 0 saturated carbocycles. The number of nitrogens with one attached hydrogen (secondary N) is 2. The van der Waals surface area contributed by atoms with Crippen LogP contribution in [0.3, 0.4) is 0 Å². The average Bonchev–Trinajstić information content (AvgIpc) is 3.05. The number of benzene rings is 1. The largest absolute Gasteiger partial charge is 0.357 e. The smallest absolute Gasteiger partial charge is 0.191 e. The highest BCUT2D eigenvalue weighted by molar-refractivity contribution is 7.13. The highest BCUT2D eigenvalue weighted by Gasteiger charge is 2.06. The number of nitrogens with zero attached hydrogens (tertiary/aromatic N) is 3. The minimum absolute atomic E-state index is 0.346. The van der Waals surface area contributed by atoms with E-state index in [2.05, 4.69) is 20.6 Å². The Morgan fingerprint density at radius 3 is 2.76 bits per heavy atom. The van der Waals surface area contributed by atoms with Crippen LogP contribution in [0.5, 0.6) is 0 Å². The van der Waals surface area contributed by atoms with Gasteiger partial charge in [0.05, 0.1) is 12.2 Å². The second-order valence-electron chi connectivity index (χ2n) is 5.62. The molecule has 1 aromatic carbocycles.